The molecule has 0 saturated carbocycles. The largest absolute Gasteiger partial charge is 0.464 e. The molecule has 1 heterocycles. The summed E-state index contributed by atoms with van der Waals surface area (Å²) in [7, 11) is 0. The third kappa shape index (κ3) is 1.61. The van der Waals surface area contributed by atoms with Gasteiger partial charge in [-0.2, -0.15) is 5.06 Å². The van der Waals surface area contributed by atoms with Gasteiger partial charge < -0.3 is 10.2 Å². The summed E-state index contributed by atoms with van der Waals surface area (Å²) in [5.41, 5.74) is 6.42. The molecule has 2 aromatic rings. The van der Waals surface area contributed by atoms with Crippen molar-refractivity contribution in [1.82, 2.24) is 5.06 Å². The van der Waals surface area contributed by atoms with E-state index in [4.69, 9.17) is 10.2 Å². The number of carbonyl (C=O) groups is 1. The summed E-state index contributed by atoms with van der Waals surface area (Å²) in [6, 6.07) is 5.96. The van der Waals surface area contributed by atoms with Gasteiger partial charge in [-0.05, 0) is 13.0 Å². The van der Waals surface area contributed by atoms with Crippen LogP contribution >= 0.6 is 0 Å². The van der Waals surface area contributed by atoms with Gasteiger partial charge in [-0.1, -0.05) is 18.2 Å². The molecule has 0 spiro atoms. The number of nitrogens with zero attached hydrogens (tertiary/aromatic N) is 1. The van der Waals surface area contributed by atoms with Crippen LogP contribution in [0.2, 0.25) is 0 Å². The highest BCUT2D eigenvalue weighted by Gasteiger charge is 2.20. The molecule has 0 radical (unpaired) electrons. The first-order valence-corrected chi connectivity index (χ1v) is 4.85. The van der Waals surface area contributed by atoms with E-state index < -0.39 is 12.1 Å². The fraction of sp³-hybridized carbons (Fsp3) is 0.182. The molecule has 0 aliphatic carbocycles. The van der Waals surface area contributed by atoms with E-state index >= 15 is 0 Å². The van der Waals surface area contributed by atoms with E-state index in [0.717, 1.165) is 10.9 Å². The monoisotopic (exact) mass is 220 g/mol. The maximum atomic E-state index is 10.8. The number of carbonyl (C=O) groups excluding carboxylic acids is 1. The van der Waals surface area contributed by atoms with Crippen molar-refractivity contribution in [3.8, 4) is 0 Å². The lowest BCUT2D eigenvalue weighted by molar-refractivity contribution is -0.0707. The van der Waals surface area contributed by atoms with E-state index in [9.17, 15) is 10.0 Å². The number of fused-ring (bicyclic) bond motifs is 1. The Hall–Kier alpha value is -2.01. The Balaban J connectivity index is 2.44. The summed E-state index contributed by atoms with van der Waals surface area (Å²) in [5, 5.41) is 10.8. The highest BCUT2D eigenvalue weighted by Crippen LogP contribution is 2.28. The summed E-state index contributed by atoms with van der Waals surface area (Å²) in [6.45, 7) is 1.67. The van der Waals surface area contributed by atoms with Crippen LogP contribution in [0.4, 0.5) is 4.79 Å². The van der Waals surface area contributed by atoms with Crippen LogP contribution in [0, 0.1) is 0 Å². The van der Waals surface area contributed by atoms with E-state index in [1.807, 2.05) is 24.3 Å². The molecule has 2 amide bonds. The number of furan rings is 1. The minimum absolute atomic E-state index is 0.483. The lowest BCUT2D eigenvalue weighted by Crippen LogP contribution is -2.34. The topological polar surface area (TPSA) is 79.7 Å². The van der Waals surface area contributed by atoms with Gasteiger partial charge in [0.25, 0.3) is 0 Å². The molecule has 5 heteroatoms. The fourth-order valence-electron chi connectivity index (χ4n) is 1.64. The Morgan fingerprint density at radius 3 is 2.88 bits per heavy atom. The zero-order valence-corrected chi connectivity index (χ0v) is 8.75. The number of urea groups is 1. The molecule has 84 valence electrons. The van der Waals surface area contributed by atoms with Gasteiger partial charge in [0.2, 0.25) is 0 Å². The maximum absolute atomic E-state index is 10.8. The summed E-state index contributed by atoms with van der Waals surface area (Å²) in [5.74, 6) is 0. The Kier molecular flexibility index (Phi) is 2.54. The zero-order chi connectivity index (χ0) is 11.7. The third-order valence-electron chi connectivity index (χ3n) is 2.55. The predicted molar refractivity (Wildman–Crippen MR) is 57.8 cm³/mol. The van der Waals surface area contributed by atoms with Gasteiger partial charge in [0.05, 0.1) is 12.3 Å². The van der Waals surface area contributed by atoms with Crippen molar-refractivity contribution in [3.63, 3.8) is 0 Å². The van der Waals surface area contributed by atoms with Crippen molar-refractivity contribution in [1.29, 1.82) is 0 Å². The molecule has 5 nitrogen and oxygen atoms in total. The van der Waals surface area contributed by atoms with Crippen molar-refractivity contribution in [2.45, 2.75) is 13.0 Å². The molecule has 16 heavy (non-hydrogen) atoms. The van der Waals surface area contributed by atoms with Gasteiger partial charge in [0, 0.05) is 10.9 Å². The summed E-state index contributed by atoms with van der Waals surface area (Å²) < 4.78 is 5.31. The average Bonchev–Trinajstić information content (AvgIpc) is 2.70. The molecule has 0 aliphatic heterocycles. The molecular formula is C11H12N2O3. The molecule has 0 aliphatic rings. The minimum Gasteiger partial charge on any atom is -0.464 e. The smallest absolute Gasteiger partial charge is 0.339 e. The van der Waals surface area contributed by atoms with Crippen molar-refractivity contribution in [2.24, 2.45) is 5.73 Å². The minimum atomic E-state index is -0.891. The lowest BCUT2D eigenvalue weighted by Gasteiger charge is -2.19. The van der Waals surface area contributed by atoms with Gasteiger partial charge in [-0.3, -0.25) is 5.21 Å². The summed E-state index contributed by atoms with van der Waals surface area (Å²) in [4.78, 5) is 10.8. The van der Waals surface area contributed by atoms with Crippen molar-refractivity contribution in [2.75, 3.05) is 0 Å². The molecule has 2 rings (SSSR count). The number of hydroxylamine groups is 2. The predicted octanol–water partition coefficient (Wildman–Crippen LogP) is 2.26. The number of para-hydroxylation sites is 1. The van der Waals surface area contributed by atoms with Crippen LogP contribution in [0.3, 0.4) is 0 Å². The maximum Gasteiger partial charge on any atom is 0.339 e. The van der Waals surface area contributed by atoms with Crippen LogP contribution in [0.1, 0.15) is 18.5 Å². The lowest BCUT2D eigenvalue weighted by atomic mass is 10.1. The van der Waals surface area contributed by atoms with Gasteiger partial charge in [-0.25, -0.2) is 4.79 Å². The molecule has 1 atom stereocenters. The van der Waals surface area contributed by atoms with Crippen LogP contribution in [0.15, 0.2) is 34.9 Å². The van der Waals surface area contributed by atoms with Crippen LogP contribution < -0.4 is 5.73 Å². The number of amides is 2. The second kappa shape index (κ2) is 3.86. The molecular weight excluding hydrogens is 208 g/mol. The van der Waals surface area contributed by atoms with Crippen LogP contribution in [-0.4, -0.2) is 16.3 Å². The van der Waals surface area contributed by atoms with Crippen LogP contribution in [-0.2, 0) is 0 Å². The molecule has 0 fully saturated rings. The molecule has 0 saturated heterocycles. The standard InChI is InChI=1S/C11H12N2O3/c1-7(13(15)11(12)14)9-6-16-10-5-3-2-4-8(9)10/h2-7,15H,1H3,(H2,12,14). The molecule has 1 unspecified atom stereocenters. The SMILES string of the molecule is CC(c1coc2ccccc12)N(O)C(N)=O. The third-order valence-corrected chi connectivity index (χ3v) is 2.55. The zero-order valence-electron chi connectivity index (χ0n) is 8.75. The number of rotatable bonds is 2. The highest BCUT2D eigenvalue weighted by molar-refractivity contribution is 5.82. The van der Waals surface area contributed by atoms with E-state index in [1.165, 1.54) is 6.26 Å². The highest BCUT2D eigenvalue weighted by atomic mass is 16.5. The molecule has 1 aromatic carbocycles. The molecule has 1 aromatic heterocycles. The van der Waals surface area contributed by atoms with Crippen molar-refractivity contribution >= 4 is 17.0 Å². The van der Waals surface area contributed by atoms with Crippen molar-refractivity contribution in [3.05, 3.63) is 36.1 Å². The average molecular weight is 220 g/mol. The fourth-order valence-corrected chi connectivity index (χ4v) is 1.64. The molecule has 0 bridgehead atoms. The van der Waals surface area contributed by atoms with Gasteiger partial charge in [-0.15, -0.1) is 0 Å². The van der Waals surface area contributed by atoms with Gasteiger partial charge >= 0.3 is 6.03 Å². The second-order valence-electron chi connectivity index (χ2n) is 3.55. The number of benzene rings is 1. The number of nitrogens with two attached hydrogens (primary N) is 1. The Bertz CT molecular complexity index is 521. The van der Waals surface area contributed by atoms with Crippen LogP contribution in [0.25, 0.3) is 11.0 Å². The first kappa shape index (κ1) is 10.5. The summed E-state index contributed by atoms with van der Waals surface area (Å²) >= 11 is 0. The van der Waals surface area contributed by atoms with Gasteiger partial charge in [0.15, 0.2) is 0 Å². The number of primary amides is 1. The molecule has 3 N–H and O–H groups in total. The van der Waals surface area contributed by atoms with Crippen molar-refractivity contribution < 1.29 is 14.4 Å². The first-order valence-electron chi connectivity index (χ1n) is 4.85. The number of hydrogen-bond donors (Lipinski definition) is 2. The quantitative estimate of drug-likeness (QED) is 0.601. The normalized spacial score (nSPS) is 12.6. The van der Waals surface area contributed by atoms with E-state index in [0.29, 0.717) is 10.6 Å². The first-order chi connectivity index (χ1) is 7.61. The van der Waals surface area contributed by atoms with Crippen LogP contribution in [0.5, 0.6) is 0 Å². The Morgan fingerprint density at radius 1 is 1.50 bits per heavy atom. The van der Waals surface area contributed by atoms with Gasteiger partial charge in [0.1, 0.15) is 5.58 Å². The second-order valence-corrected chi connectivity index (χ2v) is 3.55. The van der Waals surface area contributed by atoms with E-state index in [2.05, 4.69) is 0 Å². The van der Waals surface area contributed by atoms with E-state index in [-0.39, 0.29) is 0 Å². The van der Waals surface area contributed by atoms with E-state index in [1.54, 1.807) is 6.92 Å². The number of hydrogen-bond acceptors (Lipinski definition) is 3. The Labute approximate surface area is 92.0 Å². The summed E-state index contributed by atoms with van der Waals surface area (Å²) in [6.07, 6.45) is 1.52. The Morgan fingerprint density at radius 2 is 2.19 bits per heavy atom.